The van der Waals surface area contributed by atoms with Crippen LogP contribution in [0.3, 0.4) is 0 Å². The zero-order valence-corrected chi connectivity index (χ0v) is 19.8. The van der Waals surface area contributed by atoms with Crippen LogP contribution in [0.2, 0.25) is 39.3 Å². The Morgan fingerprint density at radius 3 is 1.76 bits per heavy atom. The Morgan fingerprint density at radius 2 is 1.38 bits per heavy atom. The zero-order valence-electron chi connectivity index (χ0n) is 13.8. The van der Waals surface area contributed by atoms with Crippen LogP contribution in [0, 0.1) is 0 Å². The van der Waals surface area contributed by atoms with E-state index in [-0.39, 0.29) is 51.0 Å². The summed E-state index contributed by atoms with van der Waals surface area (Å²) in [6, 6.07) is 4.85. The van der Waals surface area contributed by atoms with Crippen LogP contribution < -0.4 is 35.2 Å². The summed E-state index contributed by atoms with van der Waals surface area (Å²) in [5, 5.41) is 3.34. The molecule has 0 saturated carbocycles. The monoisotopic (exact) mass is 433 g/mol. The molecule has 1 aromatic carbocycles. The Bertz CT molecular complexity index is 462. The van der Waals surface area contributed by atoms with Gasteiger partial charge < -0.3 is 24.8 Å². The van der Waals surface area contributed by atoms with Crippen molar-refractivity contribution in [2.45, 2.75) is 45.2 Å². The fourth-order valence-electron chi connectivity index (χ4n) is 2.78. The molecule has 0 aliphatic heterocycles. The van der Waals surface area contributed by atoms with E-state index in [1.165, 1.54) is 0 Å². The van der Waals surface area contributed by atoms with Gasteiger partial charge in [-0.15, -0.1) is 0 Å². The average molecular weight is 436 g/mol. The Balaban J connectivity index is 0. The van der Waals surface area contributed by atoms with Gasteiger partial charge in [-0.3, -0.25) is 0 Å². The van der Waals surface area contributed by atoms with Crippen molar-refractivity contribution in [3.05, 3.63) is 42.0 Å². The summed E-state index contributed by atoms with van der Waals surface area (Å²) in [4.78, 5) is 0. The molecule has 0 saturated heterocycles. The Morgan fingerprint density at radius 1 is 0.905 bits per heavy atom. The maximum atomic E-state index is 2.46. The van der Waals surface area contributed by atoms with Crippen molar-refractivity contribution in [3.8, 4) is 0 Å². The molecule has 1 radical (unpaired) electrons. The molecular weight excluding hydrogens is 410 g/mol. The molecule has 0 N–H and O–H groups in total. The van der Waals surface area contributed by atoms with Crippen molar-refractivity contribution in [1.82, 2.24) is 0 Å². The largest absolute Gasteiger partial charge is 3.00 e. The van der Waals surface area contributed by atoms with E-state index in [1.807, 2.05) is 0 Å². The molecule has 0 bridgehead atoms. The van der Waals surface area contributed by atoms with Crippen LogP contribution in [-0.2, 0) is 26.2 Å². The second kappa shape index (κ2) is 8.54. The van der Waals surface area contributed by atoms with Crippen LogP contribution >= 0.6 is 0 Å². The molecule has 0 atom stereocenters. The van der Waals surface area contributed by atoms with Crippen molar-refractivity contribution in [2.24, 2.45) is 0 Å². The molecule has 0 unspecified atom stereocenters. The predicted octanol–water partition coefficient (Wildman–Crippen LogP) is -2.29. The third-order valence-corrected chi connectivity index (χ3v) is 7.80. The number of allylic oxidation sites excluding steroid dienone is 4. The van der Waals surface area contributed by atoms with Crippen LogP contribution in [0.4, 0.5) is 0 Å². The molecular formula is C16H25Cl2Si2Zr. The van der Waals surface area contributed by atoms with E-state index in [0.717, 1.165) is 0 Å². The van der Waals surface area contributed by atoms with Gasteiger partial charge in [0.2, 0.25) is 0 Å². The summed E-state index contributed by atoms with van der Waals surface area (Å²) >= 11 is 0. The fraction of sp³-hybridized carbons (Fsp3) is 0.438. The van der Waals surface area contributed by atoms with Gasteiger partial charge in [-0.05, 0) is 5.92 Å². The standard InChI is InChI=1S/C16H25Si2.2ClH.Zr/c1-17(2,3)14-11-12-15(18(4,5)6)16(14)13-9-7-8-10-13;;;/h7-13H,1-6H3;2*1H;/q-1;;;+3/p-2. The smallest absolute Gasteiger partial charge is 1.00 e. The molecule has 5 heteroatoms. The minimum atomic E-state index is -1.25. The minimum Gasteiger partial charge on any atom is -1.00 e. The number of hydrogen-bond acceptors (Lipinski definition) is 0. The minimum absolute atomic E-state index is 0. The zero-order chi connectivity index (χ0) is 13.6. The van der Waals surface area contributed by atoms with Gasteiger partial charge in [0.15, 0.2) is 0 Å². The van der Waals surface area contributed by atoms with Gasteiger partial charge in [0.1, 0.15) is 0 Å². The molecule has 1 aliphatic carbocycles. The topological polar surface area (TPSA) is 0 Å². The van der Waals surface area contributed by atoms with Crippen LogP contribution in [0.15, 0.2) is 36.4 Å². The van der Waals surface area contributed by atoms with Gasteiger partial charge in [-0.2, -0.15) is 22.0 Å². The number of rotatable bonds is 3. The first kappa shape index (κ1) is 24.0. The van der Waals surface area contributed by atoms with E-state index >= 15 is 0 Å². The molecule has 0 nitrogen and oxygen atoms in total. The molecule has 0 heterocycles. The molecule has 0 fully saturated rings. The average Bonchev–Trinajstić information content (AvgIpc) is 2.83. The summed E-state index contributed by atoms with van der Waals surface area (Å²) in [5.74, 6) is 0.531. The summed E-state index contributed by atoms with van der Waals surface area (Å²) in [5.41, 5.74) is 1.65. The van der Waals surface area contributed by atoms with Crippen LogP contribution in [0.5, 0.6) is 0 Å². The predicted molar refractivity (Wildman–Crippen MR) is 89.0 cm³/mol. The third kappa shape index (κ3) is 5.39. The fourth-order valence-corrected chi connectivity index (χ4v) is 6.29. The van der Waals surface area contributed by atoms with Gasteiger partial charge in [0, 0.05) is 16.1 Å². The molecule has 21 heavy (non-hydrogen) atoms. The molecule has 1 aliphatic rings. The first-order valence-electron chi connectivity index (χ1n) is 6.87. The van der Waals surface area contributed by atoms with Gasteiger partial charge >= 0.3 is 26.2 Å². The molecule has 0 spiro atoms. The SMILES string of the molecule is C[Si](C)(C)c1cc[c-]([Si](C)(C)C)c1C1C=CC=C1.[Cl-].[Cl-].[Zr+3]. The Hall–Kier alpha value is 0.727. The number of hydrogen-bond donors (Lipinski definition) is 0. The maximum absolute atomic E-state index is 2.46. The molecule has 0 aromatic heterocycles. The first-order valence-corrected chi connectivity index (χ1v) is 13.9. The van der Waals surface area contributed by atoms with E-state index < -0.39 is 16.1 Å². The van der Waals surface area contributed by atoms with Crippen LogP contribution in [0.1, 0.15) is 11.5 Å². The second-order valence-corrected chi connectivity index (χ2v) is 17.4. The second-order valence-electron chi connectivity index (χ2n) is 7.37. The van der Waals surface area contributed by atoms with Crippen LogP contribution in [-0.4, -0.2) is 16.1 Å². The van der Waals surface area contributed by atoms with E-state index in [1.54, 1.807) is 15.9 Å². The Kier molecular flexibility index (Phi) is 9.76. The van der Waals surface area contributed by atoms with Crippen LogP contribution in [0.25, 0.3) is 0 Å². The van der Waals surface area contributed by atoms with Crippen molar-refractivity contribution in [3.63, 3.8) is 0 Å². The van der Waals surface area contributed by atoms with Gasteiger partial charge in [-0.1, -0.05) is 63.6 Å². The van der Waals surface area contributed by atoms with Gasteiger partial charge in [-0.25, -0.2) is 6.07 Å². The van der Waals surface area contributed by atoms with Crippen molar-refractivity contribution in [2.75, 3.05) is 0 Å². The van der Waals surface area contributed by atoms with E-state index in [0.29, 0.717) is 5.92 Å². The normalized spacial score (nSPS) is 14.4. The van der Waals surface area contributed by atoms with E-state index in [9.17, 15) is 0 Å². The van der Waals surface area contributed by atoms with E-state index in [2.05, 4.69) is 75.7 Å². The summed E-state index contributed by atoms with van der Waals surface area (Å²) in [6.07, 6.45) is 9.09. The molecule has 1 aromatic rings. The summed E-state index contributed by atoms with van der Waals surface area (Å²) in [7, 11) is -2.50. The quantitative estimate of drug-likeness (QED) is 0.371. The van der Waals surface area contributed by atoms with Crippen molar-refractivity contribution in [1.29, 1.82) is 0 Å². The summed E-state index contributed by atoms with van der Waals surface area (Å²) < 4.78 is 0. The number of halogens is 2. The van der Waals surface area contributed by atoms with Gasteiger partial charge in [0.25, 0.3) is 0 Å². The molecule has 115 valence electrons. The third-order valence-electron chi connectivity index (χ3n) is 3.69. The van der Waals surface area contributed by atoms with E-state index in [4.69, 9.17) is 0 Å². The Labute approximate surface area is 163 Å². The maximum Gasteiger partial charge on any atom is 3.00 e. The molecule has 0 amide bonds. The summed E-state index contributed by atoms with van der Waals surface area (Å²) in [6.45, 7) is 14.8. The van der Waals surface area contributed by atoms with Crippen molar-refractivity contribution < 1.29 is 51.0 Å². The van der Waals surface area contributed by atoms with Gasteiger partial charge in [0.05, 0.1) is 0 Å². The van der Waals surface area contributed by atoms with Crippen molar-refractivity contribution >= 4 is 26.5 Å². The molecule has 2 rings (SSSR count). The first-order chi connectivity index (χ1) is 8.21.